The van der Waals surface area contributed by atoms with Gasteiger partial charge < -0.3 is 10.2 Å². The van der Waals surface area contributed by atoms with Gasteiger partial charge in [0, 0.05) is 30.9 Å². The first-order valence-corrected chi connectivity index (χ1v) is 7.58. The van der Waals surface area contributed by atoms with Crippen molar-refractivity contribution in [3.8, 4) is 0 Å². The van der Waals surface area contributed by atoms with Crippen molar-refractivity contribution in [1.82, 2.24) is 5.32 Å². The Kier molecular flexibility index (Phi) is 4.20. The van der Waals surface area contributed by atoms with E-state index < -0.39 is 0 Å². The summed E-state index contributed by atoms with van der Waals surface area (Å²) in [6, 6.07) is 18.1. The Labute approximate surface area is 125 Å². The third-order valence-electron chi connectivity index (χ3n) is 4.23. The van der Waals surface area contributed by atoms with Crippen LogP contribution in [0.4, 0.5) is 10.1 Å². The number of hydrogen-bond acceptors (Lipinski definition) is 2. The Morgan fingerprint density at radius 3 is 2.67 bits per heavy atom. The van der Waals surface area contributed by atoms with Crippen molar-refractivity contribution in [2.24, 2.45) is 0 Å². The van der Waals surface area contributed by atoms with Crippen LogP contribution in [0.25, 0.3) is 0 Å². The molecule has 1 heterocycles. The van der Waals surface area contributed by atoms with E-state index in [1.807, 2.05) is 12.1 Å². The number of anilines is 1. The fourth-order valence-corrected chi connectivity index (χ4v) is 3.04. The summed E-state index contributed by atoms with van der Waals surface area (Å²) in [7, 11) is 0. The third-order valence-corrected chi connectivity index (χ3v) is 4.23. The molecule has 1 saturated heterocycles. The summed E-state index contributed by atoms with van der Waals surface area (Å²) in [5.41, 5.74) is 2.26. The van der Waals surface area contributed by atoms with Crippen LogP contribution in [0, 0.1) is 5.82 Å². The van der Waals surface area contributed by atoms with Crippen LogP contribution in [-0.4, -0.2) is 19.1 Å². The van der Waals surface area contributed by atoms with Crippen molar-refractivity contribution in [2.45, 2.75) is 25.4 Å². The van der Waals surface area contributed by atoms with E-state index in [4.69, 9.17) is 0 Å². The summed E-state index contributed by atoms with van der Waals surface area (Å²) in [4.78, 5) is 2.33. The first-order chi connectivity index (χ1) is 10.3. The Morgan fingerprint density at radius 1 is 1.14 bits per heavy atom. The third kappa shape index (κ3) is 3.08. The van der Waals surface area contributed by atoms with Crippen molar-refractivity contribution < 1.29 is 4.39 Å². The van der Waals surface area contributed by atoms with E-state index in [0.717, 1.165) is 25.2 Å². The fraction of sp³-hybridized carbons (Fsp3) is 0.333. The Balaban J connectivity index is 1.85. The zero-order valence-electron chi connectivity index (χ0n) is 12.3. The van der Waals surface area contributed by atoms with Gasteiger partial charge in [-0.05, 0) is 30.2 Å². The number of hydrogen-bond donors (Lipinski definition) is 1. The summed E-state index contributed by atoms with van der Waals surface area (Å²) < 4.78 is 13.5. The minimum Gasteiger partial charge on any atom is -0.365 e. The van der Waals surface area contributed by atoms with Gasteiger partial charge in [0.1, 0.15) is 5.82 Å². The summed E-state index contributed by atoms with van der Waals surface area (Å²) in [5.74, 6) is -0.169. The molecule has 0 amide bonds. The Morgan fingerprint density at radius 2 is 1.95 bits per heavy atom. The quantitative estimate of drug-likeness (QED) is 0.923. The van der Waals surface area contributed by atoms with Crippen molar-refractivity contribution in [3.05, 3.63) is 66.0 Å². The topological polar surface area (TPSA) is 15.3 Å². The van der Waals surface area contributed by atoms with E-state index in [0.29, 0.717) is 6.04 Å². The van der Waals surface area contributed by atoms with Gasteiger partial charge in [-0.3, -0.25) is 0 Å². The average molecular weight is 284 g/mol. The maximum Gasteiger partial charge on any atom is 0.125 e. The van der Waals surface area contributed by atoms with E-state index in [9.17, 15) is 4.39 Å². The first kappa shape index (κ1) is 14.1. The first-order valence-electron chi connectivity index (χ1n) is 7.58. The molecular weight excluding hydrogens is 263 g/mol. The average Bonchev–Trinajstić information content (AvgIpc) is 2.55. The van der Waals surface area contributed by atoms with E-state index >= 15 is 0 Å². The Bertz CT molecular complexity index is 585. The monoisotopic (exact) mass is 284 g/mol. The molecule has 0 saturated carbocycles. The lowest BCUT2D eigenvalue weighted by Gasteiger charge is -2.42. The summed E-state index contributed by atoms with van der Waals surface area (Å²) >= 11 is 0. The normalized spacial score (nSPS) is 22.3. The molecule has 1 aliphatic rings. The maximum atomic E-state index is 13.5. The van der Waals surface area contributed by atoms with Crippen LogP contribution in [0.3, 0.4) is 0 Å². The van der Waals surface area contributed by atoms with Crippen LogP contribution in [-0.2, 0) is 0 Å². The molecule has 2 nitrogen and oxygen atoms in total. The standard InChI is InChI=1S/C18H21FN2/c1-2-16-12-20-18(14-7-4-3-5-8-14)13-21(16)17-10-6-9-15(19)11-17/h3-11,16,18,20H,2,12-13H2,1H3. The summed E-state index contributed by atoms with van der Waals surface area (Å²) in [6.45, 7) is 3.97. The molecule has 2 atom stereocenters. The van der Waals surface area contributed by atoms with Gasteiger partial charge in [-0.15, -0.1) is 0 Å². The largest absolute Gasteiger partial charge is 0.365 e. The van der Waals surface area contributed by atoms with Gasteiger partial charge in [0.05, 0.1) is 0 Å². The molecule has 0 aliphatic carbocycles. The lowest BCUT2D eigenvalue weighted by molar-refractivity contribution is 0.392. The van der Waals surface area contributed by atoms with Gasteiger partial charge in [-0.2, -0.15) is 0 Å². The van der Waals surface area contributed by atoms with Crippen LogP contribution >= 0.6 is 0 Å². The van der Waals surface area contributed by atoms with E-state index in [1.165, 1.54) is 11.6 Å². The van der Waals surface area contributed by atoms with Crippen molar-refractivity contribution in [1.29, 1.82) is 0 Å². The molecular formula is C18H21FN2. The van der Waals surface area contributed by atoms with E-state index in [1.54, 1.807) is 12.1 Å². The Hall–Kier alpha value is -1.87. The molecule has 1 N–H and O–H groups in total. The van der Waals surface area contributed by atoms with Gasteiger partial charge in [-0.1, -0.05) is 43.3 Å². The van der Waals surface area contributed by atoms with Crippen molar-refractivity contribution in [2.75, 3.05) is 18.0 Å². The highest BCUT2D eigenvalue weighted by Crippen LogP contribution is 2.27. The molecule has 0 aromatic heterocycles. The molecule has 2 unspecified atom stereocenters. The molecule has 0 radical (unpaired) electrons. The molecule has 3 heteroatoms. The van der Waals surface area contributed by atoms with Crippen molar-refractivity contribution in [3.63, 3.8) is 0 Å². The fourth-order valence-electron chi connectivity index (χ4n) is 3.04. The maximum absolute atomic E-state index is 13.5. The van der Waals surface area contributed by atoms with Crippen LogP contribution in [0.5, 0.6) is 0 Å². The summed E-state index contributed by atoms with van der Waals surface area (Å²) in [5, 5.41) is 3.62. The van der Waals surface area contributed by atoms with Gasteiger partial charge in [0.2, 0.25) is 0 Å². The van der Waals surface area contributed by atoms with E-state index in [-0.39, 0.29) is 11.9 Å². The van der Waals surface area contributed by atoms with Crippen molar-refractivity contribution >= 4 is 5.69 Å². The minimum absolute atomic E-state index is 0.169. The van der Waals surface area contributed by atoms with Gasteiger partial charge in [0.25, 0.3) is 0 Å². The number of rotatable bonds is 3. The van der Waals surface area contributed by atoms with Gasteiger partial charge >= 0.3 is 0 Å². The van der Waals surface area contributed by atoms with E-state index in [2.05, 4.69) is 41.4 Å². The SMILES string of the molecule is CCC1CNC(c2ccccc2)CN1c1cccc(F)c1. The van der Waals surface area contributed by atoms with Gasteiger partial charge in [-0.25, -0.2) is 4.39 Å². The lowest BCUT2D eigenvalue weighted by Crippen LogP contribution is -2.52. The molecule has 21 heavy (non-hydrogen) atoms. The molecule has 0 spiro atoms. The van der Waals surface area contributed by atoms with Gasteiger partial charge in [0.15, 0.2) is 0 Å². The zero-order valence-corrected chi connectivity index (χ0v) is 12.3. The van der Waals surface area contributed by atoms with Crippen LogP contribution in [0.1, 0.15) is 24.9 Å². The number of halogens is 1. The second kappa shape index (κ2) is 6.27. The van der Waals surface area contributed by atoms with Crippen LogP contribution in [0.2, 0.25) is 0 Å². The number of benzene rings is 2. The van der Waals surface area contributed by atoms with Crippen LogP contribution in [0.15, 0.2) is 54.6 Å². The molecule has 3 rings (SSSR count). The molecule has 1 fully saturated rings. The molecule has 2 aromatic rings. The summed E-state index contributed by atoms with van der Waals surface area (Å²) in [6.07, 6.45) is 1.05. The molecule has 110 valence electrons. The minimum atomic E-state index is -0.169. The molecule has 2 aromatic carbocycles. The highest BCUT2D eigenvalue weighted by molar-refractivity contribution is 5.49. The highest BCUT2D eigenvalue weighted by atomic mass is 19.1. The molecule has 0 bridgehead atoms. The number of nitrogens with zero attached hydrogens (tertiary/aromatic N) is 1. The zero-order chi connectivity index (χ0) is 14.7. The number of nitrogens with one attached hydrogen (secondary N) is 1. The predicted molar refractivity (Wildman–Crippen MR) is 85.0 cm³/mol. The lowest BCUT2D eigenvalue weighted by atomic mass is 10.00. The second-order valence-electron chi connectivity index (χ2n) is 5.57. The second-order valence-corrected chi connectivity index (χ2v) is 5.57. The smallest absolute Gasteiger partial charge is 0.125 e. The highest BCUT2D eigenvalue weighted by Gasteiger charge is 2.27. The molecule has 1 aliphatic heterocycles. The van der Waals surface area contributed by atoms with Crippen LogP contribution < -0.4 is 10.2 Å². The number of piperazine rings is 1. The predicted octanol–water partition coefficient (Wildman–Crippen LogP) is 3.76.